The fraction of sp³-hybridized carbons (Fsp3) is 0.526. The Morgan fingerprint density at radius 2 is 1.97 bits per heavy atom. The first-order valence-corrected chi connectivity index (χ1v) is 9.75. The van der Waals surface area contributed by atoms with E-state index in [-0.39, 0.29) is 24.7 Å². The second-order valence-corrected chi connectivity index (χ2v) is 6.87. The zero-order chi connectivity index (χ0) is 20.8. The summed E-state index contributed by atoms with van der Waals surface area (Å²) in [6.45, 7) is 4.14. The van der Waals surface area contributed by atoms with Gasteiger partial charge in [-0.05, 0) is 31.9 Å². The number of urea groups is 1. The Kier molecular flexibility index (Phi) is 6.63. The standard InChI is InChI=1S/C19H25N5O5/c1-2-29-17-13(5-3-8-20-17)18(27)24-10-4-9-23(11-12-24)15(25)7-6-14-16(26)22-19(28)21-14/h3,5,8,14H,2,4,6-7,9-12H2,1H3,(H2,21,22,26,28)/t14-/m0/s1. The number of hydrogen-bond acceptors (Lipinski definition) is 6. The SMILES string of the molecule is CCOc1ncccc1C(=O)N1CCCN(C(=O)CC[C@@H]2NC(=O)NC2=O)CC1. The summed E-state index contributed by atoms with van der Waals surface area (Å²) in [5, 5.41) is 4.64. The molecule has 2 aliphatic heterocycles. The predicted molar refractivity (Wildman–Crippen MR) is 102 cm³/mol. The third-order valence-electron chi connectivity index (χ3n) is 4.92. The van der Waals surface area contributed by atoms with Gasteiger partial charge < -0.3 is 19.9 Å². The highest BCUT2D eigenvalue weighted by Crippen LogP contribution is 2.18. The summed E-state index contributed by atoms with van der Waals surface area (Å²) in [5.74, 6) is -0.350. The topological polar surface area (TPSA) is 121 Å². The molecule has 1 aromatic heterocycles. The van der Waals surface area contributed by atoms with Crippen molar-refractivity contribution < 1.29 is 23.9 Å². The quantitative estimate of drug-likeness (QED) is 0.652. The van der Waals surface area contributed by atoms with Crippen LogP contribution in [0.2, 0.25) is 0 Å². The maximum absolute atomic E-state index is 12.9. The molecule has 2 N–H and O–H groups in total. The van der Waals surface area contributed by atoms with Crippen LogP contribution in [-0.2, 0) is 9.59 Å². The second kappa shape index (κ2) is 9.35. The van der Waals surface area contributed by atoms with Crippen molar-refractivity contribution in [1.82, 2.24) is 25.4 Å². The van der Waals surface area contributed by atoms with E-state index in [4.69, 9.17) is 4.74 Å². The lowest BCUT2D eigenvalue weighted by molar-refractivity contribution is -0.131. The van der Waals surface area contributed by atoms with Gasteiger partial charge >= 0.3 is 6.03 Å². The third kappa shape index (κ3) is 5.01. The molecule has 156 valence electrons. The zero-order valence-electron chi connectivity index (χ0n) is 16.3. The summed E-state index contributed by atoms with van der Waals surface area (Å²) >= 11 is 0. The first kappa shape index (κ1) is 20.6. The molecule has 1 aromatic rings. The largest absolute Gasteiger partial charge is 0.477 e. The summed E-state index contributed by atoms with van der Waals surface area (Å²) < 4.78 is 5.45. The average Bonchev–Trinajstić information content (AvgIpc) is 2.90. The first-order chi connectivity index (χ1) is 14.0. The third-order valence-corrected chi connectivity index (χ3v) is 4.92. The van der Waals surface area contributed by atoms with Crippen molar-refractivity contribution in [2.24, 2.45) is 0 Å². The highest BCUT2D eigenvalue weighted by molar-refractivity contribution is 6.04. The number of nitrogens with zero attached hydrogens (tertiary/aromatic N) is 3. The molecule has 10 heteroatoms. The van der Waals surface area contributed by atoms with Crippen LogP contribution in [0.3, 0.4) is 0 Å². The molecule has 3 heterocycles. The van der Waals surface area contributed by atoms with Crippen LogP contribution in [0.25, 0.3) is 0 Å². The minimum Gasteiger partial charge on any atom is -0.477 e. The van der Waals surface area contributed by atoms with Crippen LogP contribution < -0.4 is 15.4 Å². The molecular weight excluding hydrogens is 378 g/mol. The number of hydrogen-bond donors (Lipinski definition) is 2. The summed E-state index contributed by atoms with van der Waals surface area (Å²) in [7, 11) is 0. The number of rotatable bonds is 6. The molecule has 2 fully saturated rings. The van der Waals surface area contributed by atoms with E-state index < -0.39 is 18.0 Å². The van der Waals surface area contributed by atoms with Gasteiger partial charge in [0.25, 0.3) is 11.8 Å². The van der Waals surface area contributed by atoms with Gasteiger partial charge in [0.05, 0.1) is 6.61 Å². The molecule has 3 rings (SSSR count). The smallest absolute Gasteiger partial charge is 0.322 e. The Hall–Kier alpha value is -3.17. The van der Waals surface area contributed by atoms with Crippen molar-refractivity contribution in [3.8, 4) is 5.88 Å². The van der Waals surface area contributed by atoms with Crippen LogP contribution in [0.1, 0.15) is 36.5 Å². The van der Waals surface area contributed by atoms with Gasteiger partial charge in [-0.3, -0.25) is 19.7 Å². The maximum atomic E-state index is 12.9. The van der Waals surface area contributed by atoms with Crippen molar-refractivity contribution in [2.45, 2.75) is 32.2 Å². The highest BCUT2D eigenvalue weighted by atomic mass is 16.5. The molecule has 10 nitrogen and oxygen atoms in total. The van der Waals surface area contributed by atoms with E-state index in [9.17, 15) is 19.2 Å². The molecule has 1 atom stereocenters. The molecule has 0 bridgehead atoms. The Morgan fingerprint density at radius 1 is 1.21 bits per heavy atom. The summed E-state index contributed by atoms with van der Waals surface area (Å²) in [5.41, 5.74) is 0.414. The molecule has 0 spiro atoms. The number of pyridine rings is 1. The number of carbonyl (C=O) groups excluding carboxylic acids is 4. The van der Waals surface area contributed by atoms with Gasteiger partial charge in [0.2, 0.25) is 11.8 Å². The second-order valence-electron chi connectivity index (χ2n) is 6.87. The number of nitrogens with one attached hydrogen (secondary N) is 2. The van der Waals surface area contributed by atoms with Crippen molar-refractivity contribution in [1.29, 1.82) is 0 Å². The Morgan fingerprint density at radius 3 is 2.69 bits per heavy atom. The lowest BCUT2D eigenvalue weighted by atomic mass is 10.1. The van der Waals surface area contributed by atoms with Gasteiger partial charge in [0, 0.05) is 38.8 Å². The minimum absolute atomic E-state index is 0.0929. The van der Waals surface area contributed by atoms with Crippen molar-refractivity contribution in [2.75, 3.05) is 32.8 Å². The highest BCUT2D eigenvalue weighted by Gasteiger charge is 2.31. The zero-order valence-corrected chi connectivity index (χ0v) is 16.3. The summed E-state index contributed by atoms with van der Waals surface area (Å²) in [6, 6.07) is 2.19. The molecule has 0 radical (unpaired) electrons. The van der Waals surface area contributed by atoms with Gasteiger partial charge in [0.1, 0.15) is 11.6 Å². The van der Waals surface area contributed by atoms with Crippen LogP contribution in [0.4, 0.5) is 4.79 Å². The van der Waals surface area contributed by atoms with Crippen LogP contribution in [0.15, 0.2) is 18.3 Å². The van der Waals surface area contributed by atoms with Crippen LogP contribution in [0, 0.1) is 0 Å². The first-order valence-electron chi connectivity index (χ1n) is 9.75. The van der Waals surface area contributed by atoms with Gasteiger partial charge in [0.15, 0.2) is 0 Å². The van der Waals surface area contributed by atoms with Crippen molar-refractivity contribution in [3.05, 3.63) is 23.9 Å². The lowest BCUT2D eigenvalue weighted by Gasteiger charge is -2.23. The number of amides is 5. The van der Waals surface area contributed by atoms with E-state index in [1.165, 1.54) is 0 Å². The van der Waals surface area contributed by atoms with Gasteiger partial charge in [-0.15, -0.1) is 0 Å². The van der Waals surface area contributed by atoms with Crippen molar-refractivity contribution in [3.63, 3.8) is 0 Å². The van der Waals surface area contributed by atoms with E-state index in [0.717, 1.165) is 0 Å². The van der Waals surface area contributed by atoms with Gasteiger partial charge in [-0.25, -0.2) is 9.78 Å². The molecule has 0 aliphatic carbocycles. The minimum atomic E-state index is -0.668. The predicted octanol–water partition coefficient (Wildman–Crippen LogP) is 0.143. The fourth-order valence-electron chi connectivity index (χ4n) is 3.43. The van der Waals surface area contributed by atoms with Crippen LogP contribution in [-0.4, -0.2) is 77.4 Å². The van der Waals surface area contributed by atoms with E-state index in [1.807, 2.05) is 6.92 Å². The molecule has 2 saturated heterocycles. The molecule has 29 heavy (non-hydrogen) atoms. The van der Waals surface area contributed by atoms with Gasteiger partial charge in [-0.1, -0.05) is 0 Å². The van der Waals surface area contributed by atoms with Crippen LogP contribution >= 0.6 is 0 Å². The number of aromatic nitrogens is 1. The van der Waals surface area contributed by atoms with Crippen LogP contribution in [0.5, 0.6) is 5.88 Å². The monoisotopic (exact) mass is 403 g/mol. The summed E-state index contributed by atoms with van der Waals surface area (Å²) in [6.07, 6.45) is 2.65. The summed E-state index contributed by atoms with van der Waals surface area (Å²) in [4.78, 5) is 55.7. The fourth-order valence-corrected chi connectivity index (χ4v) is 3.43. The van der Waals surface area contributed by atoms with E-state index in [2.05, 4.69) is 15.6 Å². The molecule has 0 unspecified atom stereocenters. The van der Waals surface area contributed by atoms with E-state index in [0.29, 0.717) is 50.7 Å². The molecule has 2 aliphatic rings. The number of carbonyl (C=O) groups is 4. The number of ether oxygens (including phenoxy) is 1. The molecule has 0 aromatic carbocycles. The molecular formula is C19H25N5O5. The Balaban J connectivity index is 1.54. The van der Waals surface area contributed by atoms with Crippen molar-refractivity contribution >= 4 is 23.8 Å². The number of imide groups is 1. The molecule has 5 amide bonds. The van der Waals surface area contributed by atoms with E-state index in [1.54, 1.807) is 28.1 Å². The maximum Gasteiger partial charge on any atom is 0.322 e. The van der Waals surface area contributed by atoms with Gasteiger partial charge in [-0.2, -0.15) is 0 Å². The Labute approximate surface area is 168 Å². The lowest BCUT2D eigenvalue weighted by Crippen LogP contribution is -2.38. The molecule has 0 saturated carbocycles. The Bertz CT molecular complexity index is 799. The average molecular weight is 403 g/mol. The normalized spacial score (nSPS) is 19.4. The van der Waals surface area contributed by atoms with E-state index >= 15 is 0 Å².